The van der Waals surface area contributed by atoms with Gasteiger partial charge in [-0.1, -0.05) is 172 Å². The standard InChI is InChI=1S/C50H92O12S/c1-3-5-7-9-11-13-15-17-19-21-22-23-25-27-29-31-33-35-37-39-46(52)60-44(43-59-50-48(54)49(62-63(55,56)57)47(53)45(41-51)61-50)42-58-40-38-36-34-32-30-28-26-24-20-18-16-14-12-10-8-6-4-2/h11,13,17,19-20,24,44-45,47-51,53-54H,3-10,12,14-16,18,21-23,25-43H2,1-2H3,(H,55,56,57)/b13-11-,19-17-,24-20-. The van der Waals surface area contributed by atoms with Gasteiger partial charge in [0.25, 0.3) is 0 Å². The molecule has 13 heteroatoms. The average Bonchev–Trinajstić information content (AvgIpc) is 3.26. The maximum atomic E-state index is 12.9. The molecule has 0 aliphatic carbocycles. The lowest BCUT2D eigenvalue weighted by atomic mass is 9.99. The Labute approximate surface area is 383 Å². The van der Waals surface area contributed by atoms with Crippen molar-refractivity contribution in [3.63, 3.8) is 0 Å². The molecule has 0 bridgehead atoms. The number of unbranched alkanes of at least 4 members (excludes halogenated alkanes) is 25. The fraction of sp³-hybridized carbons (Fsp3) is 0.860. The maximum absolute atomic E-state index is 12.9. The molecular weight excluding hydrogens is 825 g/mol. The zero-order valence-electron chi connectivity index (χ0n) is 39.6. The molecule has 0 saturated carbocycles. The van der Waals surface area contributed by atoms with Crippen LogP contribution in [0, 0.1) is 0 Å². The largest absolute Gasteiger partial charge is 0.457 e. The smallest absolute Gasteiger partial charge is 0.397 e. The molecule has 0 aromatic rings. The molecule has 1 rings (SSSR count). The summed E-state index contributed by atoms with van der Waals surface area (Å²) in [5, 5.41) is 30.7. The Kier molecular flexibility index (Phi) is 39.3. The van der Waals surface area contributed by atoms with Gasteiger partial charge >= 0.3 is 16.4 Å². The average molecular weight is 917 g/mol. The number of aliphatic hydroxyl groups excluding tert-OH is 3. The van der Waals surface area contributed by atoms with Crippen molar-refractivity contribution in [2.24, 2.45) is 0 Å². The van der Waals surface area contributed by atoms with E-state index in [-0.39, 0.29) is 19.6 Å². The van der Waals surface area contributed by atoms with Crippen molar-refractivity contribution in [3.05, 3.63) is 36.5 Å². The van der Waals surface area contributed by atoms with Gasteiger partial charge in [0.15, 0.2) is 6.29 Å². The molecule has 0 spiro atoms. The van der Waals surface area contributed by atoms with Crippen LogP contribution in [0.25, 0.3) is 0 Å². The molecule has 0 radical (unpaired) electrons. The van der Waals surface area contributed by atoms with Crippen LogP contribution in [0.1, 0.15) is 213 Å². The van der Waals surface area contributed by atoms with Crippen molar-refractivity contribution in [1.82, 2.24) is 0 Å². The SMILES string of the molecule is CCCCC/C=C\C/C=C\CCCCCCCCCCCC(=O)OC(COCCCCCCCC/C=C\CCCCCCCCC)COC1OC(CO)C(O)C(OS(=O)(=O)O)C1O. The molecule has 6 unspecified atom stereocenters. The van der Waals surface area contributed by atoms with E-state index in [1.165, 1.54) is 128 Å². The van der Waals surface area contributed by atoms with E-state index < -0.39 is 59.8 Å². The van der Waals surface area contributed by atoms with Gasteiger partial charge in [0.05, 0.1) is 19.8 Å². The van der Waals surface area contributed by atoms with E-state index in [9.17, 15) is 33.1 Å². The fourth-order valence-electron chi connectivity index (χ4n) is 7.64. The Morgan fingerprint density at radius 1 is 0.603 bits per heavy atom. The number of aliphatic hydroxyl groups is 3. The van der Waals surface area contributed by atoms with Gasteiger partial charge in [0.1, 0.15) is 30.5 Å². The third-order valence-corrected chi connectivity index (χ3v) is 12.0. The molecular formula is C50H92O12S. The summed E-state index contributed by atoms with van der Waals surface area (Å²) in [4.78, 5) is 12.9. The number of carbonyl (C=O) groups excluding carboxylic acids is 1. The zero-order valence-corrected chi connectivity index (χ0v) is 40.5. The summed E-state index contributed by atoms with van der Waals surface area (Å²) in [5.74, 6) is -0.404. The van der Waals surface area contributed by atoms with Crippen LogP contribution in [0.15, 0.2) is 36.5 Å². The Morgan fingerprint density at radius 2 is 1.05 bits per heavy atom. The van der Waals surface area contributed by atoms with Gasteiger partial charge in [-0.3, -0.25) is 9.35 Å². The summed E-state index contributed by atoms with van der Waals surface area (Å²) in [6.45, 7) is 3.97. The van der Waals surface area contributed by atoms with Gasteiger partial charge in [0.2, 0.25) is 0 Å². The van der Waals surface area contributed by atoms with Crippen LogP contribution in [0.3, 0.4) is 0 Å². The van der Waals surface area contributed by atoms with Crippen molar-refractivity contribution in [1.29, 1.82) is 0 Å². The second kappa shape index (κ2) is 41.7. The molecule has 1 fully saturated rings. The predicted octanol–water partition coefficient (Wildman–Crippen LogP) is 11.4. The third-order valence-electron chi connectivity index (χ3n) is 11.5. The van der Waals surface area contributed by atoms with Gasteiger partial charge in [-0.05, 0) is 70.6 Å². The molecule has 0 aromatic heterocycles. The number of hydrogen-bond acceptors (Lipinski definition) is 11. The Bertz CT molecular complexity index is 1240. The Morgan fingerprint density at radius 3 is 1.56 bits per heavy atom. The fourth-order valence-corrected chi connectivity index (χ4v) is 8.15. The molecule has 63 heavy (non-hydrogen) atoms. The molecule has 0 aromatic carbocycles. The van der Waals surface area contributed by atoms with Gasteiger partial charge in [-0.2, -0.15) is 8.42 Å². The van der Waals surface area contributed by atoms with Crippen molar-refractivity contribution in [3.8, 4) is 0 Å². The minimum Gasteiger partial charge on any atom is -0.457 e. The lowest BCUT2D eigenvalue weighted by Crippen LogP contribution is -2.60. The number of rotatable bonds is 44. The number of carbonyl (C=O) groups is 1. The van der Waals surface area contributed by atoms with Crippen molar-refractivity contribution in [2.75, 3.05) is 26.4 Å². The Hall–Kier alpha value is -1.68. The first-order valence-electron chi connectivity index (χ1n) is 25.2. The second-order valence-corrected chi connectivity index (χ2v) is 18.4. The number of hydrogen-bond donors (Lipinski definition) is 4. The maximum Gasteiger partial charge on any atom is 0.397 e. The summed E-state index contributed by atoms with van der Waals surface area (Å²) < 4.78 is 59.2. The van der Waals surface area contributed by atoms with Crippen LogP contribution < -0.4 is 0 Å². The first-order chi connectivity index (χ1) is 30.6. The number of allylic oxidation sites excluding steroid dienone is 6. The van der Waals surface area contributed by atoms with Gasteiger partial charge in [-0.25, -0.2) is 4.18 Å². The zero-order chi connectivity index (χ0) is 46.1. The van der Waals surface area contributed by atoms with E-state index in [2.05, 4.69) is 54.5 Å². The lowest BCUT2D eigenvalue weighted by molar-refractivity contribution is -0.301. The second-order valence-electron chi connectivity index (χ2n) is 17.4. The molecule has 370 valence electrons. The van der Waals surface area contributed by atoms with Crippen molar-refractivity contribution >= 4 is 16.4 Å². The molecule has 0 amide bonds. The Balaban J connectivity index is 2.38. The van der Waals surface area contributed by atoms with E-state index in [1.807, 2.05) is 0 Å². The monoisotopic (exact) mass is 917 g/mol. The van der Waals surface area contributed by atoms with E-state index >= 15 is 0 Å². The highest BCUT2D eigenvalue weighted by Gasteiger charge is 2.48. The molecule has 1 saturated heterocycles. The summed E-state index contributed by atoms with van der Waals surface area (Å²) in [6.07, 6.45) is 40.3. The van der Waals surface area contributed by atoms with Crippen molar-refractivity contribution < 1.29 is 56.2 Å². The molecule has 1 heterocycles. The summed E-state index contributed by atoms with van der Waals surface area (Å²) >= 11 is 0. The van der Waals surface area contributed by atoms with E-state index in [0.29, 0.717) is 13.0 Å². The van der Waals surface area contributed by atoms with Crippen LogP contribution in [-0.4, -0.2) is 97.5 Å². The van der Waals surface area contributed by atoms with E-state index in [0.717, 1.165) is 57.8 Å². The third kappa shape index (κ3) is 35.2. The highest BCUT2D eigenvalue weighted by molar-refractivity contribution is 7.80. The highest BCUT2D eigenvalue weighted by Crippen LogP contribution is 2.26. The minimum atomic E-state index is -5.06. The van der Waals surface area contributed by atoms with Crippen molar-refractivity contribution in [2.45, 2.75) is 250 Å². The van der Waals surface area contributed by atoms with Crippen LogP contribution >= 0.6 is 0 Å². The highest BCUT2D eigenvalue weighted by atomic mass is 32.3. The molecule has 12 nitrogen and oxygen atoms in total. The van der Waals surface area contributed by atoms with Gasteiger partial charge < -0.3 is 34.3 Å². The quantitative estimate of drug-likeness (QED) is 0.0197. The number of ether oxygens (including phenoxy) is 4. The van der Waals surface area contributed by atoms with E-state index in [1.54, 1.807) is 0 Å². The molecule has 4 N–H and O–H groups in total. The minimum absolute atomic E-state index is 0.0313. The molecule has 1 aliphatic rings. The normalized spacial score (nSPS) is 20.1. The topological polar surface area (TPSA) is 178 Å². The van der Waals surface area contributed by atoms with Crippen LogP contribution in [-0.2, 0) is 38.3 Å². The summed E-state index contributed by atoms with van der Waals surface area (Å²) in [5.41, 5.74) is 0. The van der Waals surface area contributed by atoms with E-state index in [4.69, 9.17) is 18.9 Å². The van der Waals surface area contributed by atoms with Crippen LogP contribution in [0.2, 0.25) is 0 Å². The molecule has 1 aliphatic heterocycles. The van der Waals surface area contributed by atoms with Crippen LogP contribution in [0.4, 0.5) is 0 Å². The summed E-state index contributed by atoms with van der Waals surface area (Å²) in [6, 6.07) is 0. The first kappa shape index (κ1) is 59.3. The predicted molar refractivity (Wildman–Crippen MR) is 253 cm³/mol. The molecule has 6 atom stereocenters. The number of esters is 1. The first-order valence-corrected chi connectivity index (χ1v) is 26.6. The summed E-state index contributed by atoms with van der Waals surface area (Å²) in [7, 11) is -5.06. The van der Waals surface area contributed by atoms with Crippen LogP contribution in [0.5, 0.6) is 0 Å². The van der Waals surface area contributed by atoms with Gasteiger partial charge in [-0.15, -0.1) is 0 Å². The van der Waals surface area contributed by atoms with Gasteiger partial charge in [0, 0.05) is 13.0 Å². The lowest BCUT2D eigenvalue weighted by Gasteiger charge is -2.41.